The van der Waals surface area contributed by atoms with Crippen molar-refractivity contribution in [2.24, 2.45) is 5.92 Å². The highest BCUT2D eigenvalue weighted by molar-refractivity contribution is 5.31. The van der Waals surface area contributed by atoms with E-state index in [2.05, 4.69) is 4.98 Å². The number of rotatable bonds is 3. The van der Waals surface area contributed by atoms with E-state index < -0.39 is 11.7 Å². The van der Waals surface area contributed by atoms with Crippen LogP contribution in [0.2, 0.25) is 0 Å². The second kappa shape index (κ2) is 4.72. The summed E-state index contributed by atoms with van der Waals surface area (Å²) in [6, 6.07) is 1.04. The van der Waals surface area contributed by atoms with Gasteiger partial charge in [0.25, 0.3) is 0 Å². The van der Waals surface area contributed by atoms with Crippen LogP contribution < -0.4 is 4.74 Å². The summed E-state index contributed by atoms with van der Waals surface area (Å²) >= 11 is 0. The average molecular weight is 233 g/mol. The molecule has 16 heavy (non-hydrogen) atoms. The second-order valence-corrected chi connectivity index (χ2v) is 4.07. The summed E-state index contributed by atoms with van der Waals surface area (Å²) in [5.41, 5.74) is -0.350. The average Bonchev–Trinajstić information content (AvgIpc) is 2.14. The Morgan fingerprint density at radius 3 is 2.50 bits per heavy atom. The van der Waals surface area contributed by atoms with Crippen molar-refractivity contribution in [1.29, 1.82) is 0 Å². The molecule has 0 saturated carbocycles. The molecule has 0 bridgehead atoms. The number of halogens is 3. The molecule has 1 rings (SSSR count). The van der Waals surface area contributed by atoms with E-state index in [0.717, 1.165) is 6.07 Å². The third-order valence-corrected chi connectivity index (χ3v) is 1.85. The summed E-state index contributed by atoms with van der Waals surface area (Å²) in [7, 11) is 0. The first-order valence-electron chi connectivity index (χ1n) is 4.97. The quantitative estimate of drug-likeness (QED) is 0.797. The number of hydrogen-bond donors (Lipinski definition) is 0. The Bertz CT molecular complexity index is 361. The first kappa shape index (κ1) is 12.8. The molecule has 0 amide bonds. The first-order chi connectivity index (χ1) is 7.30. The Morgan fingerprint density at radius 2 is 2.00 bits per heavy atom. The van der Waals surface area contributed by atoms with Crippen molar-refractivity contribution >= 4 is 0 Å². The van der Waals surface area contributed by atoms with Gasteiger partial charge in [-0.3, -0.25) is 0 Å². The van der Waals surface area contributed by atoms with E-state index in [1.54, 1.807) is 6.92 Å². The van der Waals surface area contributed by atoms with Crippen molar-refractivity contribution in [2.45, 2.75) is 26.9 Å². The fourth-order valence-corrected chi connectivity index (χ4v) is 1.12. The molecule has 0 fully saturated rings. The Morgan fingerprint density at radius 1 is 1.38 bits per heavy atom. The molecular formula is C11H14F3NO. The fourth-order valence-electron chi connectivity index (χ4n) is 1.12. The predicted molar refractivity (Wildman–Crippen MR) is 54.3 cm³/mol. The van der Waals surface area contributed by atoms with E-state index in [1.165, 1.54) is 6.20 Å². The van der Waals surface area contributed by atoms with Crippen LogP contribution in [0.3, 0.4) is 0 Å². The molecule has 0 aliphatic carbocycles. The Hall–Kier alpha value is -1.26. The van der Waals surface area contributed by atoms with Gasteiger partial charge in [0.15, 0.2) is 0 Å². The minimum Gasteiger partial charge on any atom is -0.477 e. The Labute approximate surface area is 92.5 Å². The highest BCUT2D eigenvalue weighted by Crippen LogP contribution is 2.35. The summed E-state index contributed by atoms with van der Waals surface area (Å²) in [6.45, 7) is 5.51. The van der Waals surface area contributed by atoms with E-state index in [9.17, 15) is 13.2 Å². The molecule has 90 valence electrons. The van der Waals surface area contributed by atoms with Crippen LogP contribution in [0.5, 0.6) is 5.88 Å². The summed E-state index contributed by atoms with van der Waals surface area (Å²) in [5.74, 6) is -0.184. The monoisotopic (exact) mass is 233 g/mol. The van der Waals surface area contributed by atoms with Crippen molar-refractivity contribution in [3.8, 4) is 5.88 Å². The molecule has 0 saturated heterocycles. The zero-order valence-corrected chi connectivity index (χ0v) is 9.43. The van der Waals surface area contributed by atoms with E-state index in [-0.39, 0.29) is 18.4 Å². The molecule has 0 unspecified atom stereocenters. The summed E-state index contributed by atoms with van der Waals surface area (Å²) in [4.78, 5) is 3.67. The van der Waals surface area contributed by atoms with E-state index in [0.29, 0.717) is 5.56 Å². The van der Waals surface area contributed by atoms with Crippen LogP contribution >= 0.6 is 0 Å². The summed E-state index contributed by atoms with van der Waals surface area (Å²) in [5, 5.41) is 0. The maximum absolute atomic E-state index is 12.6. The van der Waals surface area contributed by atoms with Crippen molar-refractivity contribution in [1.82, 2.24) is 4.98 Å². The molecule has 2 nitrogen and oxygen atoms in total. The van der Waals surface area contributed by atoms with Crippen LogP contribution in [0.15, 0.2) is 12.3 Å². The van der Waals surface area contributed by atoms with Crippen molar-refractivity contribution in [3.63, 3.8) is 0 Å². The second-order valence-electron chi connectivity index (χ2n) is 4.07. The SMILES string of the molecule is Cc1cnc(OCC(C)C)c(C(F)(F)F)c1. The lowest BCUT2D eigenvalue weighted by atomic mass is 10.2. The molecular weight excluding hydrogens is 219 g/mol. The number of ether oxygens (including phenoxy) is 1. The molecule has 1 aromatic heterocycles. The van der Waals surface area contributed by atoms with Crippen molar-refractivity contribution < 1.29 is 17.9 Å². The highest BCUT2D eigenvalue weighted by atomic mass is 19.4. The lowest BCUT2D eigenvalue weighted by Gasteiger charge is -2.14. The Balaban J connectivity index is 2.99. The van der Waals surface area contributed by atoms with Gasteiger partial charge in [0.2, 0.25) is 5.88 Å². The lowest BCUT2D eigenvalue weighted by Crippen LogP contribution is -2.13. The molecule has 0 atom stereocenters. The zero-order valence-electron chi connectivity index (χ0n) is 9.43. The molecule has 1 heterocycles. The Kier molecular flexibility index (Phi) is 3.78. The minimum absolute atomic E-state index is 0.157. The van der Waals surface area contributed by atoms with Gasteiger partial charge in [-0.15, -0.1) is 0 Å². The molecule has 0 aromatic carbocycles. The van der Waals surface area contributed by atoms with Crippen LogP contribution in [0.4, 0.5) is 13.2 Å². The number of nitrogens with zero attached hydrogens (tertiary/aromatic N) is 1. The van der Waals surface area contributed by atoms with Gasteiger partial charge in [-0.1, -0.05) is 13.8 Å². The largest absolute Gasteiger partial charge is 0.477 e. The van der Waals surface area contributed by atoms with Crippen molar-refractivity contribution in [2.75, 3.05) is 6.61 Å². The number of aromatic nitrogens is 1. The summed E-state index contributed by atoms with van der Waals surface area (Å²) in [6.07, 6.45) is -3.06. The van der Waals surface area contributed by atoms with Crippen LogP contribution in [0.1, 0.15) is 25.0 Å². The normalized spacial score (nSPS) is 11.9. The number of pyridine rings is 1. The third-order valence-electron chi connectivity index (χ3n) is 1.85. The topological polar surface area (TPSA) is 22.1 Å². The third kappa shape index (κ3) is 3.40. The van der Waals surface area contributed by atoms with Gasteiger partial charge in [0.05, 0.1) is 6.61 Å². The van der Waals surface area contributed by atoms with Crippen molar-refractivity contribution in [3.05, 3.63) is 23.4 Å². The zero-order chi connectivity index (χ0) is 12.3. The lowest BCUT2D eigenvalue weighted by molar-refractivity contribution is -0.139. The van der Waals surface area contributed by atoms with Crippen LogP contribution in [-0.4, -0.2) is 11.6 Å². The smallest absolute Gasteiger partial charge is 0.421 e. The fraction of sp³-hybridized carbons (Fsp3) is 0.545. The molecule has 0 aliphatic heterocycles. The van der Waals surface area contributed by atoms with Crippen LogP contribution in [0, 0.1) is 12.8 Å². The van der Waals surface area contributed by atoms with Gasteiger partial charge in [0.1, 0.15) is 5.56 Å². The van der Waals surface area contributed by atoms with Gasteiger partial charge in [0, 0.05) is 6.20 Å². The number of aryl methyl sites for hydroxylation is 1. The molecule has 0 N–H and O–H groups in total. The standard InChI is InChI=1S/C11H14F3NO/c1-7(2)6-16-10-9(11(12,13)14)4-8(3)5-15-10/h4-5,7H,6H2,1-3H3. The van der Waals surface area contributed by atoms with E-state index >= 15 is 0 Å². The molecule has 1 aromatic rings. The number of hydrogen-bond acceptors (Lipinski definition) is 2. The van der Waals surface area contributed by atoms with Gasteiger partial charge >= 0.3 is 6.18 Å². The maximum atomic E-state index is 12.6. The van der Waals surface area contributed by atoms with Crippen LogP contribution in [-0.2, 0) is 6.18 Å². The molecule has 0 spiro atoms. The van der Waals surface area contributed by atoms with Gasteiger partial charge in [-0.05, 0) is 24.5 Å². The van der Waals surface area contributed by atoms with E-state index in [4.69, 9.17) is 4.74 Å². The summed E-state index contributed by atoms with van der Waals surface area (Å²) < 4.78 is 42.9. The molecule has 0 aliphatic rings. The predicted octanol–water partition coefficient (Wildman–Crippen LogP) is 3.44. The first-order valence-corrected chi connectivity index (χ1v) is 4.97. The minimum atomic E-state index is -4.43. The number of alkyl halides is 3. The van der Waals surface area contributed by atoms with Crippen LogP contribution in [0.25, 0.3) is 0 Å². The van der Waals surface area contributed by atoms with Gasteiger partial charge in [-0.2, -0.15) is 13.2 Å². The molecule has 5 heteroatoms. The van der Waals surface area contributed by atoms with E-state index in [1.807, 2.05) is 13.8 Å². The van der Waals surface area contributed by atoms with Gasteiger partial charge in [-0.25, -0.2) is 4.98 Å². The maximum Gasteiger partial charge on any atom is 0.421 e. The highest BCUT2D eigenvalue weighted by Gasteiger charge is 2.35. The molecule has 0 radical (unpaired) electrons. The van der Waals surface area contributed by atoms with Gasteiger partial charge < -0.3 is 4.74 Å².